The summed E-state index contributed by atoms with van der Waals surface area (Å²) in [6.45, 7) is 2.27. The maximum atomic E-state index is 6.31. The van der Waals surface area contributed by atoms with Gasteiger partial charge in [-0.1, -0.05) is 12.8 Å². The van der Waals surface area contributed by atoms with Crippen LogP contribution in [0.5, 0.6) is 0 Å². The van der Waals surface area contributed by atoms with Gasteiger partial charge in [-0.3, -0.25) is 0 Å². The molecular formula is C17H29N. The molecule has 18 heavy (non-hydrogen) atoms. The third-order valence-corrected chi connectivity index (χ3v) is 7.22. The molecule has 0 spiro atoms. The fourth-order valence-electron chi connectivity index (χ4n) is 7.02. The zero-order chi connectivity index (χ0) is 12.3. The van der Waals surface area contributed by atoms with E-state index in [1.165, 1.54) is 25.7 Å². The molecule has 3 unspecified atom stereocenters. The van der Waals surface area contributed by atoms with Gasteiger partial charge in [-0.05, 0) is 86.9 Å². The second kappa shape index (κ2) is 3.98. The van der Waals surface area contributed by atoms with Crippen molar-refractivity contribution in [2.45, 2.75) is 70.8 Å². The number of hydrogen-bond donors (Lipinski definition) is 1. The highest BCUT2D eigenvalue weighted by atomic mass is 14.7. The minimum atomic E-state index is 0.445. The molecule has 0 aromatic rings. The van der Waals surface area contributed by atoms with E-state index in [4.69, 9.17) is 5.73 Å². The molecule has 1 nitrogen and oxygen atoms in total. The van der Waals surface area contributed by atoms with Gasteiger partial charge in [-0.15, -0.1) is 0 Å². The van der Waals surface area contributed by atoms with Crippen LogP contribution in [0.25, 0.3) is 0 Å². The van der Waals surface area contributed by atoms with Crippen molar-refractivity contribution in [3.05, 3.63) is 0 Å². The van der Waals surface area contributed by atoms with Crippen molar-refractivity contribution in [3.8, 4) is 0 Å². The van der Waals surface area contributed by atoms with Crippen LogP contribution in [0.4, 0.5) is 0 Å². The zero-order valence-electron chi connectivity index (χ0n) is 11.9. The largest absolute Gasteiger partial charge is 0.328 e. The highest BCUT2D eigenvalue weighted by Crippen LogP contribution is 2.66. The van der Waals surface area contributed by atoms with Crippen LogP contribution in [0.1, 0.15) is 64.7 Å². The summed E-state index contributed by atoms with van der Waals surface area (Å²) in [7, 11) is 0. The molecule has 2 N–H and O–H groups in total. The third kappa shape index (κ3) is 1.55. The van der Waals surface area contributed by atoms with Gasteiger partial charge in [-0.2, -0.15) is 0 Å². The van der Waals surface area contributed by atoms with Crippen molar-refractivity contribution in [2.24, 2.45) is 40.7 Å². The van der Waals surface area contributed by atoms with Crippen LogP contribution in [-0.4, -0.2) is 6.04 Å². The fraction of sp³-hybridized carbons (Fsp3) is 1.00. The molecule has 1 heteroatoms. The average Bonchev–Trinajstić information content (AvgIpc) is 2.80. The normalized spacial score (nSPS) is 53.0. The van der Waals surface area contributed by atoms with Gasteiger partial charge in [0.2, 0.25) is 0 Å². The Bertz CT molecular complexity index is 313. The summed E-state index contributed by atoms with van der Waals surface area (Å²) in [5.41, 5.74) is 7.10. The molecule has 4 bridgehead atoms. The first-order valence-corrected chi connectivity index (χ1v) is 8.43. The number of hydrogen-bond acceptors (Lipinski definition) is 1. The Kier molecular flexibility index (Phi) is 2.60. The van der Waals surface area contributed by atoms with Crippen LogP contribution in [-0.2, 0) is 0 Å². The van der Waals surface area contributed by atoms with E-state index in [0.717, 1.165) is 35.0 Å². The van der Waals surface area contributed by atoms with E-state index in [-0.39, 0.29) is 0 Å². The molecule has 5 saturated carbocycles. The second-order valence-corrected chi connectivity index (χ2v) is 8.25. The summed E-state index contributed by atoms with van der Waals surface area (Å²) in [4.78, 5) is 0. The molecule has 3 atom stereocenters. The van der Waals surface area contributed by atoms with E-state index < -0.39 is 0 Å². The minimum Gasteiger partial charge on any atom is -0.328 e. The molecule has 0 heterocycles. The number of nitrogens with two attached hydrogens (primary N) is 1. The molecule has 102 valence electrons. The van der Waals surface area contributed by atoms with Gasteiger partial charge in [0, 0.05) is 6.04 Å². The molecular weight excluding hydrogens is 218 g/mol. The van der Waals surface area contributed by atoms with Gasteiger partial charge >= 0.3 is 0 Å². The molecule has 0 aliphatic heterocycles. The van der Waals surface area contributed by atoms with Gasteiger partial charge in [-0.25, -0.2) is 0 Å². The average molecular weight is 247 g/mol. The quantitative estimate of drug-likeness (QED) is 0.785. The predicted molar refractivity (Wildman–Crippen MR) is 75.1 cm³/mol. The number of rotatable bonds is 2. The summed E-state index contributed by atoms with van der Waals surface area (Å²) in [5, 5.41) is 0. The van der Waals surface area contributed by atoms with E-state index in [9.17, 15) is 0 Å². The summed E-state index contributed by atoms with van der Waals surface area (Å²) in [5.74, 6) is 5.04. The van der Waals surface area contributed by atoms with Gasteiger partial charge in [0.15, 0.2) is 0 Å². The predicted octanol–water partition coefficient (Wildman–Crippen LogP) is 3.97. The third-order valence-electron chi connectivity index (χ3n) is 7.22. The highest BCUT2D eigenvalue weighted by molar-refractivity contribution is 5.08. The van der Waals surface area contributed by atoms with E-state index in [0.29, 0.717) is 6.04 Å². The van der Waals surface area contributed by atoms with Crippen LogP contribution in [0, 0.1) is 35.0 Å². The lowest BCUT2D eigenvalue weighted by molar-refractivity contribution is -0.126. The maximum Gasteiger partial charge on any atom is 0.00440 e. The Morgan fingerprint density at radius 1 is 1.00 bits per heavy atom. The van der Waals surface area contributed by atoms with Crippen LogP contribution in [0.15, 0.2) is 0 Å². The molecule has 0 aromatic carbocycles. The molecule has 0 aromatic heterocycles. The molecule has 5 aliphatic carbocycles. The van der Waals surface area contributed by atoms with Crippen molar-refractivity contribution in [3.63, 3.8) is 0 Å². The van der Waals surface area contributed by atoms with Gasteiger partial charge in [0.1, 0.15) is 0 Å². The van der Waals surface area contributed by atoms with Gasteiger partial charge < -0.3 is 5.73 Å². The topological polar surface area (TPSA) is 26.0 Å². The van der Waals surface area contributed by atoms with E-state index in [2.05, 4.69) is 6.92 Å². The summed E-state index contributed by atoms with van der Waals surface area (Å²) in [6, 6.07) is 0.445. The molecule has 5 fully saturated rings. The van der Waals surface area contributed by atoms with Gasteiger partial charge in [0.25, 0.3) is 0 Å². The molecule has 5 rings (SSSR count). The first-order chi connectivity index (χ1) is 8.68. The Morgan fingerprint density at radius 2 is 1.61 bits per heavy atom. The standard InChI is InChI=1S/C17H29N/c1-11(18)16-13-6-12-7-14(16)10-17(8-12,9-13)15-4-2-3-5-15/h11-16H,2-10,18H2,1H3. The Hall–Kier alpha value is -0.0400. The van der Waals surface area contributed by atoms with Crippen molar-refractivity contribution in [1.29, 1.82) is 0 Å². The second-order valence-electron chi connectivity index (χ2n) is 8.25. The van der Waals surface area contributed by atoms with Crippen LogP contribution in [0.3, 0.4) is 0 Å². The fourth-order valence-corrected chi connectivity index (χ4v) is 7.02. The van der Waals surface area contributed by atoms with Crippen LogP contribution < -0.4 is 5.73 Å². The minimum absolute atomic E-state index is 0.445. The van der Waals surface area contributed by atoms with Crippen molar-refractivity contribution in [1.82, 2.24) is 0 Å². The molecule has 5 aliphatic rings. The van der Waals surface area contributed by atoms with Crippen molar-refractivity contribution in [2.75, 3.05) is 0 Å². The lowest BCUT2D eigenvalue weighted by Crippen LogP contribution is -2.56. The Labute approximate surface area is 112 Å². The summed E-state index contributed by atoms with van der Waals surface area (Å²) < 4.78 is 0. The van der Waals surface area contributed by atoms with Gasteiger partial charge in [0.05, 0.1) is 0 Å². The Balaban J connectivity index is 1.62. The SMILES string of the molecule is CC(N)C1C2CC3CC1CC(C1CCCC1)(C3)C2. The smallest absolute Gasteiger partial charge is 0.00440 e. The summed E-state index contributed by atoms with van der Waals surface area (Å²) in [6.07, 6.45) is 13.9. The highest BCUT2D eigenvalue weighted by Gasteiger charge is 2.58. The monoisotopic (exact) mass is 247 g/mol. The van der Waals surface area contributed by atoms with Crippen molar-refractivity contribution < 1.29 is 0 Å². The Morgan fingerprint density at radius 3 is 2.17 bits per heavy atom. The van der Waals surface area contributed by atoms with E-state index >= 15 is 0 Å². The van der Waals surface area contributed by atoms with Crippen molar-refractivity contribution >= 4 is 0 Å². The van der Waals surface area contributed by atoms with Crippen LogP contribution in [0.2, 0.25) is 0 Å². The maximum absolute atomic E-state index is 6.31. The zero-order valence-corrected chi connectivity index (χ0v) is 11.9. The molecule has 0 amide bonds. The molecule has 0 saturated heterocycles. The van der Waals surface area contributed by atoms with E-state index in [1.54, 1.807) is 32.1 Å². The van der Waals surface area contributed by atoms with Crippen LogP contribution >= 0.6 is 0 Å². The lowest BCUT2D eigenvalue weighted by Gasteiger charge is -2.63. The summed E-state index contributed by atoms with van der Waals surface area (Å²) >= 11 is 0. The van der Waals surface area contributed by atoms with E-state index in [1.807, 2.05) is 0 Å². The first kappa shape index (κ1) is 11.8. The lowest BCUT2D eigenvalue weighted by atomic mass is 9.42. The first-order valence-electron chi connectivity index (χ1n) is 8.43. The molecule has 0 radical (unpaired) electrons.